The third kappa shape index (κ3) is 3.58. The second-order valence-corrected chi connectivity index (χ2v) is 5.12. The molecule has 1 heterocycles. The third-order valence-electron chi connectivity index (χ3n) is 3.25. The molecule has 5 nitrogen and oxygen atoms in total. The maximum Gasteiger partial charge on any atom is 0.256 e. The Balaban J connectivity index is 2.19. The Bertz CT molecular complexity index is 654. The molecule has 110 valence electrons. The van der Waals surface area contributed by atoms with Gasteiger partial charge in [-0.15, -0.1) is 0 Å². The van der Waals surface area contributed by atoms with Crippen LogP contribution in [0, 0.1) is 13.8 Å². The molecule has 1 aromatic carbocycles. The number of aryl methyl sites for hydroxylation is 2. The molecule has 0 aliphatic rings. The number of hydrogen-bond donors (Lipinski definition) is 2. The Hall–Kier alpha value is -2.40. The highest BCUT2D eigenvalue weighted by Crippen LogP contribution is 2.18. The first-order chi connectivity index (χ1) is 10.0. The van der Waals surface area contributed by atoms with E-state index in [4.69, 9.17) is 5.84 Å². The highest BCUT2D eigenvalue weighted by molar-refractivity contribution is 5.99. The number of hydrazine groups is 1. The minimum atomic E-state index is -0.0914. The van der Waals surface area contributed by atoms with Crippen molar-refractivity contribution in [2.45, 2.75) is 20.4 Å². The number of anilines is 1. The molecule has 0 aliphatic carbocycles. The molecule has 0 unspecified atom stereocenters. The van der Waals surface area contributed by atoms with Gasteiger partial charge in [-0.25, -0.2) is 0 Å². The van der Waals surface area contributed by atoms with Crippen LogP contribution in [0.25, 0.3) is 0 Å². The molecule has 0 aliphatic heterocycles. The quantitative estimate of drug-likeness (QED) is 0.667. The summed E-state index contributed by atoms with van der Waals surface area (Å²) in [4.78, 5) is 18.6. The van der Waals surface area contributed by atoms with Gasteiger partial charge in [-0.2, -0.15) is 0 Å². The Kier molecular flexibility index (Phi) is 4.55. The van der Waals surface area contributed by atoms with Gasteiger partial charge in [0.2, 0.25) is 0 Å². The molecule has 1 amide bonds. The molecule has 2 rings (SSSR count). The van der Waals surface area contributed by atoms with E-state index in [-0.39, 0.29) is 5.91 Å². The van der Waals surface area contributed by atoms with Crippen LogP contribution in [-0.2, 0) is 6.54 Å². The van der Waals surface area contributed by atoms with Crippen molar-refractivity contribution < 1.29 is 4.79 Å². The Morgan fingerprint density at radius 2 is 2.05 bits per heavy atom. The van der Waals surface area contributed by atoms with Crippen LogP contribution < -0.4 is 11.3 Å². The molecule has 5 heteroatoms. The Morgan fingerprint density at radius 3 is 2.71 bits per heavy atom. The zero-order valence-electron chi connectivity index (χ0n) is 12.6. The number of aromatic nitrogens is 1. The fraction of sp³-hybridized carbons (Fsp3) is 0.250. The van der Waals surface area contributed by atoms with Crippen LogP contribution in [0.5, 0.6) is 0 Å². The van der Waals surface area contributed by atoms with E-state index in [0.717, 1.165) is 17.0 Å². The fourth-order valence-corrected chi connectivity index (χ4v) is 2.17. The molecule has 2 aromatic rings. The molecule has 0 saturated heterocycles. The van der Waals surface area contributed by atoms with Crippen molar-refractivity contribution in [2.75, 3.05) is 12.5 Å². The van der Waals surface area contributed by atoms with Crippen molar-refractivity contribution in [3.05, 3.63) is 58.9 Å². The van der Waals surface area contributed by atoms with Gasteiger partial charge in [0.15, 0.2) is 0 Å². The van der Waals surface area contributed by atoms with Crippen molar-refractivity contribution in [2.24, 2.45) is 5.84 Å². The number of nitrogens with zero attached hydrogens (tertiary/aromatic N) is 2. The number of carbonyl (C=O) groups is 1. The van der Waals surface area contributed by atoms with Crippen molar-refractivity contribution >= 4 is 11.6 Å². The summed E-state index contributed by atoms with van der Waals surface area (Å²) in [5.41, 5.74) is 6.61. The van der Waals surface area contributed by atoms with Crippen molar-refractivity contribution in [3.63, 3.8) is 0 Å². The van der Waals surface area contributed by atoms with E-state index in [0.29, 0.717) is 17.8 Å². The molecule has 0 spiro atoms. The second kappa shape index (κ2) is 6.37. The number of benzene rings is 1. The lowest BCUT2D eigenvalue weighted by molar-refractivity contribution is 0.0784. The van der Waals surface area contributed by atoms with E-state index in [1.807, 2.05) is 44.2 Å². The Morgan fingerprint density at radius 1 is 1.29 bits per heavy atom. The maximum atomic E-state index is 12.5. The number of pyridine rings is 1. The van der Waals surface area contributed by atoms with Crippen molar-refractivity contribution in [3.8, 4) is 0 Å². The van der Waals surface area contributed by atoms with Gasteiger partial charge in [-0.1, -0.05) is 12.1 Å². The molecule has 0 atom stereocenters. The van der Waals surface area contributed by atoms with E-state index in [2.05, 4.69) is 10.4 Å². The normalized spacial score (nSPS) is 10.3. The van der Waals surface area contributed by atoms with E-state index in [9.17, 15) is 4.79 Å². The number of nitrogens with one attached hydrogen (secondary N) is 1. The topological polar surface area (TPSA) is 71.2 Å². The lowest BCUT2D eigenvalue weighted by Gasteiger charge is -2.19. The average molecular weight is 284 g/mol. The van der Waals surface area contributed by atoms with Gasteiger partial charge in [0.1, 0.15) is 0 Å². The average Bonchev–Trinajstić information content (AvgIpc) is 2.46. The van der Waals surface area contributed by atoms with Gasteiger partial charge in [0.05, 0.1) is 23.5 Å². The molecule has 0 saturated carbocycles. The largest absolute Gasteiger partial charge is 0.336 e. The molecule has 21 heavy (non-hydrogen) atoms. The lowest BCUT2D eigenvalue weighted by Crippen LogP contribution is -2.28. The van der Waals surface area contributed by atoms with Gasteiger partial charge < -0.3 is 10.3 Å². The molecular weight excluding hydrogens is 264 g/mol. The van der Waals surface area contributed by atoms with Gasteiger partial charge in [0.25, 0.3) is 5.91 Å². The number of nitrogens with two attached hydrogens (primary N) is 1. The maximum absolute atomic E-state index is 12.5. The van der Waals surface area contributed by atoms with Crippen LogP contribution in [0.15, 0.2) is 36.4 Å². The zero-order chi connectivity index (χ0) is 15.4. The van der Waals surface area contributed by atoms with E-state index < -0.39 is 0 Å². The molecular formula is C16H20N4O. The molecule has 0 bridgehead atoms. The fourth-order valence-electron chi connectivity index (χ4n) is 2.17. The number of carbonyl (C=O) groups excluding carboxylic acids is 1. The summed E-state index contributed by atoms with van der Waals surface area (Å²) < 4.78 is 0. The first-order valence-corrected chi connectivity index (χ1v) is 6.76. The monoisotopic (exact) mass is 284 g/mol. The summed E-state index contributed by atoms with van der Waals surface area (Å²) in [6.45, 7) is 4.34. The first kappa shape index (κ1) is 15.0. The van der Waals surface area contributed by atoms with E-state index in [1.165, 1.54) is 0 Å². The van der Waals surface area contributed by atoms with Gasteiger partial charge in [-0.05, 0) is 43.7 Å². The summed E-state index contributed by atoms with van der Waals surface area (Å²) in [5.74, 6) is 5.41. The zero-order valence-corrected chi connectivity index (χ0v) is 12.6. The van der Waals surface area contributed by atoms with Gasteiger partial charge >= 0.3 is 0 Å². The van der Waals surface area contributed by atoms with Crippen molar-refractivity contribution in [1.29, 1.82) is 0 Å². The number of rotatable bonds is 4. The van der Waals surface area contributed by atoms with Gasteiger partial charge in [-0.3, -0.25) is 15.6 Å². The van der Waals surface area contributed by atoms with Crippen LogP contribution in [0.4, 0.5) is 5.69 Å². The summed E-state index contributed by atoms with van der Waals surface area (Å²) in [7, 11) is 1.76. The number of nitrogen functional groups attached to an aromatic ring is 1. The lowest BCUT2D eigenvalue weighted by atomic mass is 10.1. The summed E-state index contributed by atoms with van der Waals surface area (Å²) >= 11 is 0. The molecule has 0 fully saturated rings. The van der Waals surface area contributed by atoms with Gasteiger partial charge in [0, 0.05) is 12.7 Å². The SMILES string of the molecule is Cc1ccc(C(=O)N(C)Cc2cccc(C)n2)c(NN)c1. The van der Waals surface area contributed by atoms with Crippen LogP contribution >= 0.6 is 0 Å². The van der Waals surface area contributed by atoms with E-state index >= 15 is 0 Å². The highest BCUT2D eigenvalue weighted by Gasteiger charge is 2.16. The number of amides is 1. The third-order valence-corrected chi connectivity index (χ3v) is 3.25. The highest BCUT2D eigenvalue weighted by atomic mass is 16.2. The first-order valence-electron chi connectivity index (χ1n) is 6.76. The minimum absolute atomic E-state index is 0.0914. The smallest absolute Gasteiger partial charge is 0.256 e. The standard InChI is InChI=1S/C16H20N4O/c1-11-7-8-14(15(9-11)19-17)16(21)20(3)10-13-6-4-5-12(2)18-13/h4-9,19H,10,17H2,1-3H3. The molecule has 0 radical (unpaired) electrons. The van der Waals surface area contributed by atoms with Crippen LogP contribution in [0.3, 0.4) is 0 Å². The predicted octanol–water partition coefficient (Wildman–Crippen LogP) is 2.26. The summed E-state index contributed by atoms with van der Waals surface area (Å²) in [6, 6.07) is 11.3. The van der Waals surface area contributed by atoms with Crippen LogP contribution in [0.1, 0.15) is 27.3 Å². The van der Waals surface area contributed by atoms with Crippen molar-refractivity contribution in [1.82, 2.24) is 9.88 Å². The Labute approximate surface area is 124 Å². The molecule has 3 N–H and O–H groups in total. The second-order valence-electron chi connectivity index (χ2n) is 5.12. The predicted molar refractivity (Wildman–Crippen MR) is 83.8 cm³/mol. The summed E-state index contributed by atoms with van der Waals surface area (Å²) in [5, 5.41) is 0. The van der Waals surface area contributed by atoms with Crippen LogP contribution in [0.2, 0.25) is 0 Å². The molecule has 1 aromatic heterocycles. The number of hydrogen-bond acceptors (Lipinski definition) is 4. The van der Waals surface area contributed by atoms with Crippen LogP contribution in [-0.4, -0.2) is 22.8 Å². The summed E-state index contributed by atoms with van der Waals surface area (Å²) in [6.07, 6.45) is 0. The van der Waals surface area contributed by atoms with E-state index in [1.54, 1.807) is 18.0 Å². The minimum Gasteiger partial charge on any atom is -0.336 e.